The van der Waals surface area contributed by atoms with Crippen LogP contribution in [0.2, 0.25) is 0 Å². The lowest BCUT2D eigenvalue weighted by Gasteiger charge is -2.48. The number of β-lactam (4-membered cyclic amide) rings is 1. The van der Waals surface area contributed by atoms with E-state index in [0.717, 1.165) is 35.1 Å². The van der Waals surface area contributed by atoms with Crippen molar-refractivity contribution in [3.05, 3.63) is 35.9 Å². The number of carbonyl (C=O) groups excluding carboxylic acids is 4. The lowest BCUT2D eigenvalue weighted by atomic mass is 10.1. The van der Waals surface area contributed by atoms with Gasteiger partial charge in [-0.1, -0.05) is 30.3 Å². The van der Waals surface area contributed by atoms with Crippen LogP contribution in [0.5, 0.6) is 0 Å². The van der Waals surface area contributed by atoms with Gasteiger partial charge in [-0.15, -0.1) is 11.8 Å². The van der Waals surface area contributed by atoms with E-state index in [-0.39, 0.29) is 23.9 Å². The molecule has 2 aliphatic heterocycles. The summed E-state index contributed by atoms with van der Waals surface area (Å²) in [6.45, 7) is 5.48. The number of carbonyl (C=O) groups is 4. The van der Waals surface area contributed by atoms with E-state index in [1.807, 2.05) is 18.2 Å². The van der Waals surface area contributed by atoms with Crippen LogP contribution in [0, 0.1) is 0 Å². The second-order valence-electron chi connectivity index (χ2n) is 9.38. The quantitative estimate of drug-likeness (QED) is 0.392. The van der Waals surface area contributed by atoms with Crippen molar-refractivity contribution in [2.24, 2.45) is 0 Å². The van der Waals surface area contributed by atoms with Crippen molar-refractivity contribution in [1.82, 2.24) is 10.2 Å². The summed E-state index contributed by atoms with van der Waals surface area (Å²) in [6, 6.07) is 8.10. The van der Waals surface area contributed by atoms with Crippen molar-refractivity contribution in [1.29, 1.82) is 0 Å². The lowest BCUT2D eigenvalue weighted by molar-refractivity contribution is -0.189. The molecule has 4 atom stereocenters. The summed E-state index contributed by atoms with van der Waals surface area (Å²) >= 11 is 1.09. The Morgan fingerprint density at radius 2 is 1.94 bits per heavy atom. The molecule has 9 nitrogen and oxygen atoms in total. The molecule has 0 spiro atoms. The largest absolute Gasteiger partial charge is 0.457 e. The van der Waals surface area contributed by atoms with Gasteiger partial charge in [0.1, 0.15) is 23.1 Å². The molecule has 0 bridgehead atoms. The Morgan fingerprint density at radius 1 is 1.24 bits per heavy atom. The monoisotopic (exact) mass is 492 g/mol. The van der Waals surface area contributed by atoms with Gasteiger partial charge in [0.2, 0.25) is 12.1 Å². The van der Waals surface area contributed by atoms with E-state index in [2.05, 4.69) is 5.32 Å². The fraction of sp³-hybridized carbons (Fsp3) is 0.583. The Kier molecular flexibility index (Phi) is 8.72. The molecule has 2 fully saturated rings. The summed E-state index contributed by atoms with van der Waals surface area (Å²) in [4.78, 5) is 51.3. The molecule has 1 aromatic rings. The van der Waals surface area contributed by atoms with E-state index in [4.69, 9.17) is 9.47 Å². The first-order valence-electron chi connectivity index (χ1n) is 11.4. The number of aliphatic hydroxyl groups is 1. The van der Waals surface area contributed by atoms with Gasteiger partial charge in [0.15, 0.2) is 5.78 Å². The maximum Gasteiger partial charge on any atom is 0.357 e. The summed E-state index contributed by atoms with van der Waals surface area (Å²) in [5.74, 6) is -2.06. The number of benzene rings is 1. The van der Waals surface area contributed by atoms with Crippen LogP contribution in [0.15, 0.2) is 30.3 Å². The maximum atomic E-state index is 12.8. The van der Waals surface area contributed by atoms with E-state index in [9.17, 15) is 24.3 Å². The Morgan fingerprint density at radius 3 is 2.56 bits per heavy atom. The van der Waals surface area contributed by atoms with E-state index in [1.165, 1.54) is 0 Å². The summed E-state index contributed by atoms with van der Waals surface area (Å²) < 4.78 is 10.7. The molecule has 186 valence electrons. The molecular weight excluding hydrogens is 460 g/mol. The fourth-order valence-corrected chi connectivity index (χ4v) is 5.06. The number of thioether (sulfide) groups is 1. The molecular formula is C24H32N2O7S. The van der Waals surface area contributed by atoms with Gasteiger partial charge in [0.05, 0.1) is 12.2 Å². The molecule has 2 saturated heterocycles. The van der Waals surface area contributed by atoms with Gasteiger partial charge in [-0.3, -0.25) is 19.3 Å². The summed E-state index contributed by atoms with van der Waals surface area (Å²) in [6.07, 6.45) is 0.208. The van der Waals surface area contributed by atoms with E-state index >= 15 is 0 Å². The minimum Gasteiger partial charge on any atom is -0.457 e. The number of Topliss-reactive ketones (excluding diaryl/α,β-unsaturated/α-hetero) is 1. The smallest absolute Gasteiger partial charge is 0.357 e. The van der Waals surface area contributed by atoms with Crippen molar-refractivity contribution < 1.29 is 33.8 Å². The molecule has 0 aromatic heterocycles. The average molecular weight is 493 g/mol. The van der Waals surface area contributed by atoms with Crippen LogP contribution in [0.3, 0.4) is 0 Å². The van der Waals surface area contributed by atoms with Gasteiger partial charge in [-0.25, -0.2) is 4.79 Å². The third-order valence-corrected chi connectivity index (χ3v) is 6.71. The van der Waals surface area contributed by atoms with Gasteiger partial charge >= 0.3 is 5.97 Å². The topological polar surface area (TPSA) is 122 Å². The zero-order chi connectivity index (χ0) is 24.9. The molecule has 10 heteroatoms. The van der Waals surface area contributed by atoms with Crippen LogP contribution in [-0.2, 0) is 35.1 Å². The number of aliphatic hydroxyl groups excluding tert-OH is 1. The molecule has 2 unspecified atom stereocenters. The van der Waals surface area contributed by atoms with Gasteiger partial charge in [0.25, 0.3) is 5.91 Å². The predicted molar refractivity (Wildman–Crippen MR) is 126 cm³/mol. The van der Waals surface area contributed by atoms with Gasteiger partial charge in [0, 0.05) is 6.61 Å². The minimum atomic E-state index is -1.84. The highest BCUT2D eigenvalue weighted by Gasteiger charge is 2.53. The molecule has 2 N–H and O–H groups in total. The lowest BCUT2D eigenvalue weighted by Crippen LogP contribution is -2.73. The second kappa shape index (κ2) is 11.3. The molecule has 1 aromatic carbocycles. The van der Waals surface area contributed by atoms with Crippen molar-refractivity contribution in [3.8, 4) is 0 Å². The standard InChI is InChI=1S/C24H32N2O7S/c1-24(2,3)33-23(31)21(30)26-20(29)19(25-18(28)13-15-9-5-4-6-10-15)22(26)34-14-16(27)17-11-7-8-12-32-17/h4-6,9-10,17,19,21-22,30H,7-8,11-14H2,1-3H3,(H,25,28)/t17?,19-,21?,22-/m1/s1. The summed E-state index contributed by atoms with van der Waals surface area (Å²) in [7, 11) is 0. The molecule has 2 aliphatic rings. The molecule has 0 radical (unpaired) electrons. The number of rotatable bonds is 9. The normalized spacial score (nSPS) is 23.6. The van der Waals surface area contributed by atoms with Crippen molar-refractivity contribution >= 4 is 35.3 Å². The molecule has 34 heavy (non-hydrogen) atoms. The highest BCUT2D eigenvalue weighted by atomic mass is 32.2. The first kappa shape index (κ1) is 26.2. The number of hydrogen-bond acceptors (Lipinski definition) is 8. The minimum absolute atomic E-state index is 0.0191. The highest BCUT2D eigenvalue weighted by Crippen LogP contribution is 2.33. The molecule has 0 saturated carbocycles. The second-order valence-corrected chi connectivity index (χ2v) is 10.5. The average Bonchev–Trinajstić information content (AvgIpc) is 2.79. The number of ether oxygens (including phenoxy) is 2. The van der Waals surface area contributed by atoms with Crippen LogP contribution in [0.4, 0.5) is 0 Å². The number of esters is 1. The van der Waals surface area contributed by atoms with Crippen LogP contribution in [0.1, 0.15) is 45.6 Å². The SMILES string of the molecule is CC(C)(C)OC(=O)C(O)N1C(=O)[C@@H](NC(=O)Cc2ccccc2)[C@H]1SCC(=O)C1CCCCO1. The number of nitrogens with zero attached hydrogens (tertiary/aromatic N) is 1. The van der Waals surface area contributed by atoms with Gasteiger partial charge < -0.3 is 19.9 Å². The third kappa shape index (κ3) is 6.80. The summed E-state index contributed by atoms with van der Waals surface area (Å²) in [5, 5.41) is 12.4. The number of nitrogens with one attached hydrogen (secondary N) is 1. The van der Waals surface area contributed by atoms with E-state index in [1.54, 1.807) is 32.9 Å². The Hall–Kier alpha value is -2.43. The predicted octanol–water partition coefficient (Wildman–Crippen LogP) is 1.41. The van der Waals surface area contributed by atoms with E-state index < -0.39 is 41.2 Å². The maximum absolute atomic E-state index is 12.8. The number of amides is 2. The third-order valence-electron chi connectivity index (χ3n) is 5.42. The molecule has 3 rings (SSSR count). The van der Waals surface area contributed by atoms with Crippen LogP contribution < -0.4 is 5.32 Å². The fourth-order valence-electron chi connectivity index (χ4n) is 3.78. The zero-order valence-corrected chi connectivity index (χ0v) is 20.5. The van der Waals surface area contributed by atoms with Crippen molar-refractivity contribution in [3.63, 3.8) is 0 Å². The van der Waals surface area contributed by atoms with Crippen LogP contribution >= 0.6 is 11.8 Å². The highest BCUT2D eigenvalue weighted by molar-refractivity contribution is 8.00. The van der Waals surface area contributed by atoms with Crippen molar-refractivity contribution in [2.75, 3.05) is 12.4 Å². The van der Waals surface area contributed by atoms with E-state index in [0.29, 0.717) is 13.0 Å². The van der Waals surface area contributed by atoms with Crippen LogP contribution in [-0.4, -0.2) is 75.3 Å². The van der Waals surface area contributed by atoms with Gasteiger partial charge in [-0.05, 0) is 45.6 Å². The number of ketones is 1. The molecule has 2 heterocycles. The number of hydrogen-bond donors (Lipinski definition) is 2. The molecule has 2 amide bonds. The zero-order valence-electron chi connectivity index (χ0n) is 19.7. The Bertz CT molecular complexity index is 896. The summed E-state index contributed by atoms with van der Waals surface area (Å²) in [5.41, 5.74) is -0.0714. The first-order valence-corrected chi connectivity index (χ1v) is 12.4. The van der Waals surface area contributed by atoms with Crippen molar-refractivity contribution in [2.45, 2.75) is 75.8 Å². The Labute approximate surface area is 203 Å². The van der Waals surface area contributed by atoms with Gasteiger partial charge in [-0.2, -0.15) is 0 Å². The molecule has 0 aliphatic carbocycles. The number of likely N-dealkylation sites (tertiary alicyclic amines) is 1. The van der Waals surface area contributed by atoms with Crippen LogP contribution in [0.25, 0.3) is 0 Å². The first-order chi connectivity index (χ1) is 16.1. The Balaban J connectivity index is 1.67.